The van der Waals surface area contributed by atoms with Crippen LogP contribution in [0.2, 0.25) is 5.02 Å². The van der Waals surface area contributed by atoms with Gasteiger partial charge >= 0.3 is 0 Å². The van der Waals surface area contributed by atoms with Gasteiger partial charge in [0.2, 0.25) is 0 Å². The highest BCUT2D eigenvalue weighted by Crippen LogP contribution is 2.32. The minimum Gasteiger partial charge on any atom is -0.307 e. The molecule has 3 aromatic rings. The normalized spacial score (nSPS) is 15.2. The first kappa shape index (κ1) is 17.3. The zero-order valence-electron chi connectivity index (χ0n) is 14.7. The van der Waals surface area contributed by atoms with Crippen LogP contribution in [0, 0.1) is 0 Å². The molecular weight excluding hydrogens is 340 g/mol. The minimum atomic E-state index is 0.316. The Hall–Kier alpha value is -2.13. The molecule has 2 nitrogen and oxygen atoms in total. The SMILES string of the molecule is Clc1ccccc1CNC1CN(C(c2ccccc2)c2ccccc2)C1. The van der Waals surface area contributed by atoms with Crippen LogP contribution in [-0.2, 0) is 6.54 Å². The average molecular weight is 363 g/mol. The molecule has 0 spiro atoms. The molecule has 4 rings (SSSR count). The van der Waals surface area contributed by atoms with Gasteiger partial charge in [0.15, 0.2) is 0 Å². The quantitative estimate of drug-likeness (QED) is 0.670. The Labute approximate surface area is 160 Å². The fraction of sp³-hybridized carbons (Fsp3) is 0.217. The summed E-state index contributed by atoms with van der Waals surface area (Å²) in [5.41, 5.74) is 3.86. The molecular formula is C23H23ClN2. The third kappa shape index (κ3) is 3.83. The molecule has 26 heavy (non-hydrogen) atoms. The number of halogens is 1. The summed E-state index contributed by atoms with van der Waals surface area (Å²) in [6.45, 7) is 2.90. The summed E-state index contributed by atoms with van der Waals surface area (Å²) in [7, 11) is 0. The van der Waals surface area contributed by atoms with Crippen molar-refractivity contribution in [3.05, 3.63) is 107 Å². The van der Waals surface area contributed by atoms with Crippen LogP contribution in [-0.4, -0.2) is 24.0 Å². The molecule has 1 fully saturated rings. The van der Waals surface area contributed by atoms with Gasteiger partial charge in [0, 0.05) is 30.7 Å². The summed E-state index contributed by atoms with van der Waals surface area (Å²) >= 11 is 6.26. The second-order valence-electron chi connectivity index (χ2n) is 6.85. The van der Waals surface area contributed by atoms with E-state index in [2.05, 4.69) is 76.9 Å². The highest BCUT2D eigenvalue weighted by molar-refractivity contribution is 6.31. The molecule has 1 aliphatic heterocycles. The van der Waals surface area contributed by atoms with Crippen LogP contribution in [0.15, 0.2) is 84.9 Å². The Morgan fingerprint density at radius 2 is 1.35 bits per heavy atom. The topological polar surface area (TPSA) is 15.3 Å². The summed E-state index contributed by atoms with van der Waals surface area (Å²) in [5.74, 6) is 0. The van der Waals surface area contributed by atoms with Crippen molar-refractivity contribution in [3.8, 4) is 0 Å². The van der Waals surface area contributed by atoms with E-state index in [0.717, 1.165) is 30.2 Å². The van der Waals surface area contributed by atoms with Gasteiger partial charge in [0.25, 0.3) is 0 Å². The summed E-state index contributed by atoms with van der Waals surface area (Å²) in [6, 6.07) is 30.4. The Bertz CT molecular complexity index is 790. The summed E-state index contributed by atoms with van der Waals surface area (Å²) in [5, 5.41) is 4.47. The maximum Gasteiger partial charge on any atom is 0.0602 e. The average Bonchev–Trinajstić information content (AvgIpc) is 2.66. The van der Waals surface area contributed by atoms with Crippen LogP contribution >= 0.6 is 11.6 Å². The molecule has 3 heteroatoms. The van der Waals surface area contributed by atoms with Crippen LogP contribution < -0.4 is 5.32 Å². The van der Waals surface area contributed by atoms with Gasteiger partial charge in [0.1, 0.15) is 0 Å². The van der Waals surface area contributed by atoms with Gasteiger partial charge in [-0.1, -0.05) is 90.5 Å². The molecule has 0 aliphatic carbocycles. The molecule has 132 valence electrons. The molecule has 0 saturated carbocycles. The molecule has 3 aromatic carbocycles. The smallest absolute Gasteiger partial charge is 0.0602 e. The van der Waals surface area contributed by atoms with Gasteiger partial charge in [-0.2, -0.15) is 0 Å². The van der Waals surface area contributed by atoms with Gasteiger partial charge < -0.3 is 5.32 Å². The predicted octanol–water partition coefficient (Wildman–Crippen LogP) is 4.90. The second-order valence-corrected chi connectivity index (χ2v) is 7.25. The molecule has 0 amide bonds. The monoisotopic (exact) mass is 362 g/mol. The number of nitrogens with one attached hydrogen (secondary N) is 1. The lowest BCUT2D eigenvalue weighted by Crippen LogP contribution is -2.58. The van der Waals surface area contributed by atoms with Crippen molar-refractivity contribution in [2.75, 3.05) is 13.1 Å². The van der Waals surface area contributed by atoms with E-state index in [1.165, 1.54) is 11.1 Å². The lowest BCUT2D eigenvalue weighted by atomic mass is 9.93. The van der Waals surface area contributed by atoms with Crippen molar-refractivity contribution in [1.29, 1.82) is 0 Å². The van der Waals surface area contributed by atoms with Crippen LogP contribution in [0.25, 0.3) is 0 Å². The molecule has 0 aromatic heterocycles. The van der Waals surface area contributed by atoms with Gasteiger partial charge in [-0.25, -0.2) is 0 Å². The first-order valence-electron chi connectivity index (χ1n) is 9.12. The van der Waals surface area contributed by atoms with Crippen LogP contribution in [0.4, 0.5) is 0 Å². The zero-order chi connectivity index (χ0) is 17.8. The van der Waals surface area contributed by atoms with E-state index in [-0.39, 0.29) is 0 Å². The van der Waals surface area contributed by atoms with E-state index in [9.17, 15) is 0 Å². The van der Waals surface area contributed by atoms with Gasteiger partial charge in [-0.15, -0.1) is 0 Å². The molecule has 1 saturated heterocycles. The van der Waals surface area contributed by atoms with Crippen molar-refractivity contribution < 1.29 is 0 Å². The third-order valence-corrected chi connectivity index (χ3v) is 5.41. The maximum absolute atomic E-state index is 6.26. The lowest BCUT2D eigenvalue weighted by molar-refractivity contribution is 0.0923. The molecule has 1 N–H and O–H groups in total. The van der Waals surface area contributed by atoms with Gasteiger partial charge in [-0.05, 0) is 22.8 Å². The fourth-order valence-electron chi connectivity index (χ4n) is 3.63. The second kappa shape index (κ2) is 8.05. The molecule has 1 aliphatic rings. The van der Waals surface area contributed by atoms with Gasteiger partial charge in [0.05, 0.1) is 6.04 Å². The Morgan fingerprint density at radius 3 is 1.92 bits per heavy atom. The standard InChI is InChI=1S/C23H23ClN2/c24-22-14-8-7-13-20(22)15-25-21-16-26(17-21)23(18-9-3-1-4-10-18)19-11-5-2-6-12-19/h1-14,21,23,25H,15-17H2. The number of rotatable bonds is 6. The van der Waals surface area contributed by atoms with Crippen molar-refractivity contribution in [3.63, 3.8) is 0 Å². The first-order chi connectivity index (χ1) is 12.8. The number of hydrogen-bond acceptors (Lipinski definition) is 2. The van der Waals surface area contributed by atoms with Crippen molar-refractivity contribution in [1.82, 2.24) is 10.2 Å². The van der Waals surface area contributed by atoms with Crippen LogP contribution in [0.5, 0.6) is 0 Å². The predicted molar refractivity (Wildman–Crippen MR) is 108 cm³/mol. The Balaban J connectivity index is 1.42. The highest BCUT2D eigenvalue weighted by Gasteiger charge is 2.33. The summed E-state index contributed by atoms with van der Waals surface area (Å²) in [4.78, 5) is 2.54. The number of nitrogens with zero attached hydrogens (tertiary/aromatic N) is 1. The summed E-state index contributed by atoms with van der Waals surface area (Å²) in [6.07, 6.45) is 0. The van der Waals surface area contributed by atoms with Crippen molar-refractivity contribution in [2.45, 2.75) is 18.6 Å². The van der Waals surface area contributed by atoms with Gasteiger partial charge in [-0.3, -0.25) is 4.90 Å². The fourth-order valence-corrected chi connectivity index (χ4v) is 3.84. The molecule has 0 atom stereocenters. The van der Waals surface area contributed by atoms with E-state index in [0.29, 0.717) is 12.1 Å². The number of hydrogen-bond donors (Lipinski definition) is 1. The third-order valence-electron chi connectivity index (χ3n) is 5.04. The van der Waals surface area contributed by atoms with Crippen molar-refractivity contribution in [2.24, 2.45) is 0 Å². The van der Waals surface area contributed by atoms with Crippen LogP contribution in [0.1, 0.15) is 22.7 Å². The van der Waals surface area contributed by atoms with E-state index in [1.54, 1.807) is 0 Å². The van der Waals surface area contributed by atoms with E-state index >= 15 is 0 Å². The van der Waals surface area contributed by atoms with E-state index < -0.39 is 0 Å². The van der Waals surface area contributed by atoms with Crippen molar-refractivity contribution >= 4 is 11.6 Å². The Morgan fingerprint density at radius 1 is 0.808 bits per heavy atom. The largest absolute Gasteiger partial charge is 0.307 e. The Kier molecular flexibility index (Phi) is 5.35. The lowest BCUT2D eigenvalue weighted by Gasteiger charge is -2.45. The number of likely N-dealkylation sites (tertiary alicyclic amines) is 1. The van der Waals surface area contributed by atoms with E-state index in [4.69, 9.17) is 11.6 Å². The van der Waals surface area contributed by atoms with E-state index in [1.807, 2.05) is 18.2 Å². The minimum absolute atomic E-state index is 0.316. The zero-order valence-corrected chi connectivity index (χ0v) is 15.4. The summed E-state index contributed by atoms with van der Waals surface area (Å²) < 4.78 is 0. The highest BCUT2D eigenvalue weighted by atomic mass is 35.5. The molecule has 1 heterocycles. The molecule has 0 radical (unpaired) electrons. The molecule has 0 bridgehead atoms. The maximum atomic E-state index is 6.26. The number of benzene rings is 3. The first-order valence-corrected chi connectivity index (χ1v) is 9.50. The molecule has 0 unspecified atom stereocenters. The van der Waals surface area contributed by atoms with Crippen LogP contribution in [0.3, 0.4) is 0 Å².